The Kier molecular flexibility index (Phi) is 5.55. The van der Waals surface area contributed by atoms with Crippen LogP contribution in [0.3, 0.4) is 0 Å². The van der Waals surface area contributed by atoms with Gasteiger partial charge in [-0.25, -0.2) is 0 Å². The molecule has 6 heteroatoms. The van der Waals surface area contributed by atoms with Crippen LogP contribution in [0.25, 0.3) is 0 Å². The Hall–Kier alpha value is -1.40. The minimum absolute atomic E-state index is 0.164. The van der Waals surface area contributed by atoms with E-state index in [-0.39, 0.29) is 11.9 Å². The third-order valence-corrected chi connectivity index (χ3v) is 3.56. The van der Waals surface area contributed by atoms with Crippen LogP contribution >= 0.6 is 0 Å². The van der Waals surface area contributed by atoms with Crippen LogP contribution in [0.2, 0.25) is 0 Å². The summed E-state index contributed by atoms with van der Waals surface area (Å²) in [4.78, 5) is 13.9. The van der Waals surface area contributed by atoms with Gasteiger partial charge in [0.1, 0.15) is 0 Å². The van der Waals surface area contributed by atoms with Crippen LogP contribution in [0.15, 0.2) is 12.4 Å². The molecule has 2 heterocycles. The van der Waals surface area contributed by atoms with Crippen molar-refractivity contribution in [3.05, 3.63) is 18.0 Å². The normalized spacial score (nSPS) is 19.0. The van der Waals surface area contributed by atoms with E-state index in [2.05, 4.69) is 10.4 Å². The fraction of sp³-hybridized carbons (Fsp3) is 0.714. The minimum Gasteiger partial charge on any atom is -0.378 e. The third kappa shape index (κ3) is 4.61. The Morgan fingerprint density at radius 2 is 2.50 bits per heavy atom. The van der Waals surface area contributed by atoms with Gasteiger partial charge in [0, 0.05) is 45.8 Å². The summed E-state index contributed by atoms with van der Waals surface area (Å²) in [6, 6.07) is 0.164. The van der Waals surface area contributed by atoms with Crippen molar-refractivity contribution in [3.63, 3.8) is 0 Å². The highest BCUT2D eigenvalue weighted by Crippen LogP contribution is 2.05. The average Bonchev–Trinajstić information content (AvgIpc) is 2.85. The van der Waals surface area contributed by atoms with E-state index in [1.54, 1.807) is 4.68 Å². The second kappa shape index (κ2) is 7.40. The molecule has 112 valence electrons. The van der Waals surface area contributed by atoms with Crippen LogP contribution in [0, 0.1) is 0 Å². The summed E-state index contributed by atoms with van der Waals surface area (Å²) in [5.74, 6) is 0.180. The first-order valence-corrected chi connectivity index (χ1v) is 7.18. The molecule has 6 nitrogen and oxygen atoms in total. The van der Waals surface area contributed by atoms with Crippen molar-refractivity contribution in [3.8, 4) is 0 Å². The first-order chi connectivity index (χ1) is 9.65. The number of hydrogen-bond acceptors (Lipinski definition) is 4. The summed E-state index contributed by atoms with van der Waals surface area (Å²) >= 11 is 0. The van der Waals surface area contributed by atoms with Gasteiger partial charge in [-0.1, -0.05) is 0 Å². The molecule has 1 N–H and O–H groups in total. The molecule has 1 amide bonds. The molecule has 20 heavy (non-hydrogen) atoms. The van der Waals surface area contributed by atoms with Crippen molar-refractivity contribution >= 4 is 5.91 Å². The molecule has 0 spiro atoms. The summed E-state index contributed by atoms with van der Waals surface area (Å²) < 4.78 is 7.17. The molecule has 1 aliphatic heterocycles. The fourth-order valence-electron chi connectivity index (χ4n) is 2.36. The third-order valence-electron chi connectivity index (χ3n) is 3.56. The molecule has 1 aromatic rings. The summed E-state index contributed by atoms with van der Waals surface area (Å²) in [6.45, 7) is 2.99. The monoisotopic (exact) mass is 280 g/mol. The van der Waals surface area contributed by atoms with E-state index in [4.69, 9.17) is 4.74 Å². The van der Waals surface area contributed by atoms with E-state index < -0.39 is 0 Å². The van der Waals surface area contributed by atoms with Crippen molar-refractivity contribution in [2.24, 2.45) is 7.05 Å². The molecule has 1 fully saturated rings. The zero-order valence-electron chi connectivity index (χ0n) is 12.3. The van der Waals surface area contributed by atoms with E-state index in [1.165, 1.54) is 5.56 Å². The smallest absolute Gasteiger partial charge is 0.223 e. The predicted octanol–water partition coefficient (Wildman–Crippen LogP) is 0.190. The van der Waals surface area contributed by atoms with Gasteiger partial charge in [-0.2, -0.15) is 5.10 Å². The summed E-state index contributed by atoms with van der Waals surface area (Å²) in [7, 11) is 3.79. The number of morpholine rings is 1. The highest BCUT2D eigenvalue weighted by atomic mass is 16.5. The molecule has 1 saturated heterocycles. The number of aryl methyl sites for hydroxylation is 2. The summed E-state index contributed by atoms with van der Waals surface area (Å²) in [6.07, 6.45) is 6.33. The zero-order chi connectivity index (χ0) is 14.4. The number of hydrogen-bond donors (Lipinski definition) is 1. The Labute approximate surface area is 120 Å². The minimum atomic E-state index is 0.164. The zero-order valence-corrected chi connectivity index (χ0v) is 12.3. The number of ether oxygens (including phenoxy) is 1. The van der Waals surface area contributed by atoms with Crippen LogP contribution in [-0.2, 0) is 23.0 Å². The first kappa shape index (κ1) is 15.0. The highest BCUT2D eigenvalue weighted by Gasteiger charge is 2.18. The quantitative estimate of drug-likeness (QED) is 0.808. The van der Waals surface area contributed by atoms with Crippen molar-refractivity contribution < 1.29 is 9.53 Å². The Morgan fingerprint density at radius 1 is 1.65 bits per heavy atom. The van der Waals surface area contributed by atoms with E-state index >= 15 is 0 Å². The predicted molar refractivity (Wildman–Crippen MR) is 76.4 cm³/mol. The molecule has 0 bridgehead atoms. The number of nitrogens with one attached hydrogen (secondary N) is 1. The molecule has 1 unspecified atom stereocenters. The van der Waals surface area contributed by atoms with Crippen LogP contribution in [-0.4, -0.2) is 60.0 Å². The molecular weight excluding hydrogens is 256 g/mol. The van der Waals surface area contributed by atoms with E-state index in [9.17, 15) is 4.79 Å². The van der Waals surface area contributed by atoms with Gasteiger partial charge in [0.25, 0.3) is 0 Å². The van der Waals surface area contributed by atoms with Crippen molar-refractivity contribution in [2.75, 3.05) is 33.4 Å². The van der Waals surface area contributed by atoms with Gasteiger partial charge in [-0.15, -0.1) is 0 Å². The number of rotatable bonds is 6. The molecule has 1 aliphatic rings. The Bertz CT molecular complexity index is 427. The lowest BCUT2D eigenvalue weighted by molar-refractivity contribution is -0.131. The van der Waals surface area contributed by atoms with Crippen molar-refractivity contribution in [1.82, 2.24) is 20.0 Å². The number of carbonyl (C=O) groups is 1. The largest absolute Gasteiger partial charge is 0.378 e. The van der Waals surface area contributed by atoms with Crippen molar-refractivity contribution in [2.45, 2.75) is 25.3 Å². The lowest BCUT2D eigenvalue weighted by atomic mass is 10.1. The number of nitrogens with zero attached hydrogens (tertiary/aromatic N) is 3. The van der Waals surface area contributed by atoms with Gasteiger partial charge in [0.2, 0.25) is 5.91 Å². The Morgan fingerprint density at radius 3 is 3.15 bits per heavy atom. The SMILES string of the molecule is CN(CCCc1cnn(C)c1)C(=O)CC1COCCN1. The average molecular weight is 280 g/mol. The molecule has 0 aliphatic carbocycles. The molecule has 0 radical (unpaired) electrons. The second-order valence-electron chi connectivity index (χ2n) is 5.37. The van der Waals surface area contributed by atoms with Crippen molar-refractivity contribution in [1.29, 1.82) is 0 Å². The second-order valence-corrected chi connectivity index (χ2v) is 5.37. The van der Waals surface area contributed by atoms with Crippen LogP contribution in [0.1, 0.15) is 18.4 Å². The van der Waals surface area contributed by atoms with Gasteiger partial charge in [-0.3, -0.25) is 9.48 Å². The number of aromatic nitrogens is 2. The lowest BCUT2D eigenvalue weighted by Gasteiger charge is -2.25. The van der Waals surface area contributed by atoms with Gasteiger partial charge >= 0.3 is 0 Å². The maximum atomic E-state index is 12.1. The number of carbonyl (C=O) groups excluding carboxylic acids is 1. The molecule has 0 saturated carbocycles. The van der Waals surface area contributed by atoms with Crippen LogP contribution < -0.4 is 5.32 Å². The fourth-order valence-corrected chi connectivity index (χ4v) is 2.36. The summed E-state index contributed by atoms with van der Waals surface area (Å²) in [5.41, 5.74) is 1.22. The van der Waals surface area contributed by atoms with Crippen LogP contribution in [0.4, 0.5) is 0 Å². The summed E-state index contributed by atoms with van der Waals surface area (Å²) in [5, 5.41) is 7.45. The molecule has 1 atom stereocenters. The standard InChI is InChI=1S/C14H24N4O2/c1-17(6-3-4-12-9-16-18(2)10-12)14(19)8-13-11-20-7-5-15-13/h9-10,13,15H,3-8,11H2,1-2H3. The maximum Gasteiger partial charge on any atom is 0.223 e. The lowest BCUT2D eigenvalue weighted by Crippen LogP contribution is -2.44. The molecule has 0 aromatic carbocycles. The topological polar surface area (TPSA) is 59.4 Å². The Balaban J connectivity index is 1.65. The number of amides is 1. The van der Waals surface area contributed by atoms with Gasteiger partial charge < -0.3 is 15.0 Å². The first-order valence-electron chi connectivity index (χ1n) is 7.18. The molecule has 2 rings (SSSR count). The van der Waals surface area contributed by atoms with Gasteiger partial charge in [-0.05, 0) is 18.4 Å². The van der Waals surface area contributed by atoms with Gasteiger partial charge in [0.05, 0.1) is 19.4 Å². The maximum absolute atomic E-state index is 12.1. The molecular formula is C14H24N4O2. The highest BCUT2D eigenvalue weighted by molar-refractivity contribution is 5.76. The van der Waals surface area contributed by atoms with Gasteiger partial charge in [0.15, 0.2) is 0 Å². The van der Waals surface area contributed by atoms with E-state index in [1.807, 2.05) is 31.4 Å². The molecule has 1 aromatic heterocycles. The van der Waals surface area contributed by atoms with Crippen LogP contribution in [0.5, 0.6) is 0 Å². The van der Waals surface area contributed by atoms with E-state index in [0.29, 0.717) is 13.0 Å². The van der Waals surface area contributed by atoms with E-state index in [0.717, 1.165) is 32.5 Å².